The molecule has 0 spiro atoms. The van der Waals surface area contributed by atoms with Gasteiger partial charge in [0.05, 0.1) is 5.56 Å². The Morgan fingerprint density at radius 1 is 0.947 bits per heavy atom. The first kappa shape index (κ1) is 11.6. The summed E-state index contributed by atoms with van der Waals surface area (Å²) in [5.41, 5.74) is 1.48. The summed E-state index contributed by atoms with van der Waals surface area (Å²) in [4.78, 5) is 11.9. The summed E-state index contributed by atoms with van der Waals surface area (Å²) in [6, 6.07) is 10.1. The molecule has 19 heavy (non-hydrogen) atoms. The van der Waals surface area contributed by atoms with Crippen LogP contribution in [0.5, 0.6) is 0 Å². The molecular weight excluding hydrogens is 250 g/mol. The van der Waals surface area contributed by atoms with Gasteiger partial charge in [-0.25, -0.2) is 8.78 Å². The second-order valence-electron chi connectivity index (χ2n) is 4.30. The molecule has 1 heterocycles. The number of hydrogen-bond donors (Lipinski definition) is 2. The zero-order chi connectivity index (χ0) is 13.4. The Hall–Kier alpha value is -2.43. The molecule has 3 rings (SSSR count). The molecule has 3 nitrogen and oxygen atoms in total. The van der Waals surface area contributed by atoms with E-state index >= 15 is 0 Å². The maximum atomic E-state index is 13.2. The predicted molar refractivity (Wildman–Crippen MR) is 66.6 cm³/mol. The molecule has 0 bridgehead atoms. The molecule has 1 aliphatic rings. The zero-order valence-corrected chi connectivity index (χ0v) is 9.78. The van der Waals surface area contributed by atoms with Crippen molar-refractivity contribution in [1.82, 2.24) is 5.32 Å². The summed E-state index contributed by atoms with van der Waals surface area (Å²) >= 11 is 0. The van der Waals surface area contributed by atoms with Gasteiger partial charge in [0.2, 0.25) is 0 Å². The standard InChI is InChI=1S/C14H10F2N2O/c15-9-5-8(6-10(16)7-9)13-17-12-4-2-1-3-11(12)14(19)18-13/h1-7,13,17H,(H,18,19). The molecule has 2 aromatic rings. The smallest absolute Gasteiger partial charge is 0.255 e. The topological polar surface area (TPSA) is 41.1 Å². The van der Waals surface area contributed by atoms with Crippen molar-refractivity contribution in [3.05, 3.63) is 65.2 Å². The number of para-hydroxylation sites is 1. The minimum atomic E-state index is -0.676. The van der Waals surface area contributed by atoms with Crippen molar-refractivity contribution < 1.29 is 13.6 Å². The molecule has 0 saturated carbocycles. The van der Waals surface area contributed by atoms with Gasteiger partial charge in [-0.2, -0.15) is 0 Å². The lowest BCUT2D eigenvalue weighted by molar-refractivity contribution is 0.0935. The van der Waals surface area contributed by atoms with E-state index in [1.807, 2.05) is 0 Å². The Morgan fingerprint density at radius 2 is 1.63 bits per heavy atom. The molecule has 1 amide bonds. The van der Waals surface area contributed by atoms with Crippen molar-refractivity contribution in [2.75, 3.05) is 5.32 Å². The molecule has 2 N–H and O–H groups in total. The average Bonchev–Trinajstić information content (AvgIpc) is 2.37. The summed E-state index contributed by atoms with van der Waals surface area (Å²) in [5.74, 6) is -1.63. The van der Waals surface area contributed by atoms with Gasteiger partial charge in [-0.1, -0.05) is 12.1 Å². The van der Waals surface area contributed by atoms with E-state index in [2.05, 4.69) is 10.6 Å². The highest BCUT2D eigenvalue weighted by molar-refractivity contribution is 6.01. The number of carbonyl (C=O) groups is 1. The van der Waals surface area contributed by atoms with E-state index in [4.69, 9.17) is 0 Å². The SMILES string of the molecule is O=C1NC(c2cc(F)cc(F)c2)Nc2ccccc21. The second kappa shape index (κ2) is 4.35. The van der Waals surface area contributed by atoms with Crippen LogP contribution in [-0.2, 0) is 0 Å². The van der Waals surface area contributed by atoms with Gasteiger partial charge in [-0.3, -0.25) is 4.79 Å². The molecule has 96 valence electrons. The van der Waals surface area contributed by atoms with Crippen LogP contribution < -0.4 is 10.6 Å². The molecular formula is C14H10F2N2O. The maximum Gasteiger partial charge on any atom is 0.255 e. The van der Waals surface area contributed by atoms with Crippen LogP contribution >= 0.6 is 0 Å². The van der Waals surface area contributed by atoms with Gasteiger partial charge in [0.25, 0.3) is 5.91 Å². The number of fused-ring (bicyclic) bond motifs is 1. The first-order valence-electron chi connectivity index (χ1n) is 5.76. The highest BCUT2D eigenvalue weighted by Crippen LogP contribution is 2.26. The van der Waals surface area contributed by atoms with E-state index in [1.165, 1.54) is 12.1 Å². The van der Waals surface area contributed by atoms with Crippen LogP contribution in [0.3, 0.4) is 0 Å². The van der Waals surface area contributed by atoms with Crippen molar-refractivity contribution in [1.29, 1.82) is 0 Å². The summed E-state index contributed by atoms with van der Waals surface area (Å²) in [6.07, 6.45) is -0.646. The number of nitrogens with one attached hydrogen (secondary N) is 2. The van der Waals surface area contributed by atoms with E-state index in [-0.39, 0.29) is 5.91 Å². The van der Waals surface area contributed by atoms with Crippen LogP contribution in [0.4, 0.5) is 14.5 Å². The molecule has 0 aliphatic carbocycles. The fourth-order valence-corrected chi connectivity index (χ4v) is 2.12. The van der Waals surface area contributed by atoms with Crippen LogP contribution in [0.2, 0.25) is 0 Å². The number of hydrogen-bond acceptors (Lipinski definition) is 2. The fourth-order valence-electron chi connectivity index (χ4n) is 2.12. The van der Waals surface area contributed by atoms with Gasteiger partial charge in [-0.15, -0.1) is 0 Å². The van der Waals surface area contributed by atoms with E-state index < -0.39 is 17.8 Å². The largest absolute Gasteiger partial charge is 0.361 e. The summed E-state index contributed by atoms with van der Waals surface area (Å²) < 4.78 is 26.4. The lowest BCUT2D eigenvalue weighted by Crippen LogP contribution is -2.38. The monoisotopic (exact) mass is 260 g/mol. The van der Waals surface area contributed by atoms with Crippen molar-refractivity contribution in [3.63, 3.8) is 0 Å². The van der Waals surface area contributed by atoms with E-state index in [0.29, 0.717) is 16.8 Å². The Kier molecular flexibility index (Phi) is 2.67. The van der Waals surface area contributed by atoms with Gasteiger partial charge in [0, 0.05) is 17.3 Å². The molecule has 0 fully saturated rings. The van der Waals surface area contributed by atoms with Crippen molar-refractivity contribution in [2.45, 2.75) is 6.17 Å². The number of carbonyl (C=O) groups excluding carboxylic acids is 1. The molecule has 1 aliphatic heterocycles. The van der Waals surface area contributed by atoms with E-state index in [0.717, 1.165) is 6.07 Å². The van der Waals surface area contributed by atoms with Gasteiger partial charge in [0.1, 0.15) is 17.8 Å². The third-order valence-electron chi connectivity index (χ3n) is 2.97. The predicted octanol–water partition coefficient (Wildman–Crippen LogP) is 2.82. The number of rotatable bonds is 1. The van der Waals surface area contributed by atoms with Crippen molar-refractivity contribution >= 4 is 11.6 Å². The molecule has 2 aromatic carbocycles. The van der Waals surface area contributed by atoms with Crippen molar-refractivity contribution in [2.24, 2.45) is 0 Å². The second-order valence-corrected chi connectivity index (χ2v) is 4.30. The van der Waals surface area contributed by atoms with Gasteiger partial charge < -0.3 is 10.6 Å². The lowest BCUT2D eigenvalue weighted by Gasteiger charge is -2.28. The van der Waals surface area contributed by atoms with Gasteiger partial charge in [-0.05, 0) is 24.3 Å². The molecule has 0 saturated heterocycles. The third kappa shape index (κ3) is 2.14. The maximum absolute atomic E-state index is 13.2. The third-order valence-corrected chi connectivity index (χ3v) is 2.97. The van der Waals surface area contributed by atoms with Gasteiger partial charge in [0.15, 0.2) is 0 Å². The molecule has 1 atom stereocenters. The minimum absolute atomic E-state index is 0.274. The molecule has 0 aromatic heterocycles. The summed E-state index contributed by atoms with van der Waals surface area (Å²) in [6.45, 7) is 0. The Labute approximate surface area is 108 Å². The summed E-state index contributed by atoms with van der Waals surface area (Å²) in [7, 11) is 0. The molecule has 0 radical (unpaired) electrons. The van der Waals surface area contributed by atoms with Crippen LogP contribution in [0, 0.1) is 11.6 Å². The number of anilines is 1. The quantitative estimate of drug-likeness (QED) is 0.827. The lowest BCUT2D eigenvalue weighted by atomic mass is 10.1. The Balaban J connectivity index is 1.99. The molecule has 5 heteroatoms. The zero-order valence-electron chi connectivity index (χ0n) is 9.78. The number of halogens is 2. The highest BCUT2D eigenvalue weighted by atomic mass is 19.1. The normalized spacial score (nSPS) is 17.4. The van der Waals surface area contributed by atoms with Gasteiger partial charge >= 0.3 is 0 Å². The Morgan fingerprint density at radius 3 is 2.37 bits per heavy atom. The fraction of sp³-hybridized carbons (Fsp3) is 0.0714. The van der Waals surface area contributed by atoms with Crippen molar-refractivity contribution in [3.8, 4) is 0 Å². The molecule has 1 unspecified atom stereocenters. The summed E-state index contributed by atoms with van der Waals surface area (Å²) in [5, 5.41) is 5.69. The average molecular weight is 260 g/mol. The van der Waals surface area contributed by atoms with E-state index in [9.17, 15) is 13.6 Å². The first-order valence-corrected chi connectivity index (χ1v) is 5.76. The first-order chi connectivity index (χ1) is 9.13. The number of amides is 1. The van der Waals surface area contributed by atoms with Crippen LogP contribution in [-0.4, -0.2) is 5.91 Å². The van der Waals surface area contributed by atoms with Crippen LogP contribution in [0.25, 0.3) is 0 Å². The van der Waals surface area contributed by atoms with Crippen LogP contribution in [0.15, 0.2) is 42.5 Å². The minimum Gasteiger partial charge on any atom is -0.361 e. The highest BCUT2D eigenvalue weighted by Gasteiger charge is 2.24. The van der Waals surface area contributed by atoms with Crippen LogP contribution in [0.1, 0.15) is 22.1 Å². The van der Waals surface area contributed by atoms with E-state index in [1.54, 1.807) is 24.3 Å². The Bertz CT molecular complexity index is 637. The number of benzene rings is 2.